The van der Waals surface area contributed by atoms with Gasteiger partial charge in [0.25, 0.3) is 0 Å². The molecule has 0 spiro atoms. The van der Waals surface area contributed by atoms with Crippen molar-refractivity contribution in [1.82, 2.24) is 0 Å². The second kappa shape index (κ2) is 3.67. The maximum atomic E-state index is 6.17. The Balaban J connectivity index is 1.91. The monoisotopic (exact) mass is 219 g/mol. The normalized spacial score (nSPS) is 28.1. The highest BCUT2D eigenvalue weighted by Gasteiger charge is 2.37. The number of hydrogen-bond acceptors (Lipinski definition) is 3. The van der Waals surface area contributed by atoms with Crippen LogP contribution in [0.25, 0.3) is 0 Å². The van der Waals surface area contributed by atoms with Crippen LogP contribution in [0.3, 0.4) is 0 Å². The molecule has 0 unspecified atom stereocenters. The van der Waals surface area contributed by atoms with Crippen LogP contribution >= 0.6 is 0 Å². The van der Waals surface area contributed by atoms with Crippen LogP contribution in [-0.2, 0) is 0 Å². The SMILES string of the molecule is COc1ccc2c(c1)O[C@@H](C1CC1)C[C@H]2N. The van der Waals surface area contributed by atoms with E-state index in [0.717, 1.165) is 29.4 Å². The second-order valence-electron chi connectivity index (χ2n) is 4.74. The minimum Gasteiger partial charge on any atom is -0.497 e. The molecule has 1 aliphatic heterocycles. The van der Waals surface area contributed by atoms with Crippen molar-refractivity contribution in [2.45, 2.75) is 31.4 Å². The van der Waals surface area contributed by atoms with Crippen LogP contribution in [0.4, 0.5) is 0 Å². The molecule has 0 radical (unpaired) electrons. The molecular weight excluding hydrogens is 202 g/mol. The number of rotatable bonds is 2. The fourth-order valence-electron chi connectivity index (χ4n) is 2.40. The summed E-state index contributed by atoms with van der Waals surface area (Å²) < 4.78 is 11.2. The average molecular weight is 219 g/mol. The third-order valence-corrected chi connectivity index (χ3v) is 3.53. The highest BCUT2D eigenvalue weighted by molar-refractivity contribution is 5.44. The Bertz CT molecular complexity index is 401. The molecule has 2 aliphatic rings. The molecule has 86 valence electrons. The number of ether oxygens (including phenoxy) is 2. The predicted molar refractivity (Wildman–Crippen MR) is 61.7 cm³/mol. The van der Waals surface area contributed by atoms with Crippen molar-refractivity contribution < 1.29 is 9.47 Å². The van der Waals surface area contributed by atoms with E-state index in [4.69, 9.17) is 15.2 Å². The molecule has 0 amide bonds. The lowest BCUT2D eigenvalue weighted by atomic mass is 9.95. The molecule has 3 heteroatoms. The molecule has 2 atom stereocenters. The Kier molecular flexibility index (Phi) is 2.28. The van der Waals surface area contributed by atoms with Gasteiger partial charge in [-0.05, 0) is 24.8 Å². The lowest BCUT2D eigenvalue weighted by Crippen LogP contribution is -2.30. The molecule has 0 bridgehead atoms. The molecule has 2 N–H and O–H groups in total. The average Bonchev–Trinajstić information content (AvgIpc) is 3.12. The van der Waals surface area contributed by atoms with Crippen LogP contribution in [0.15, 0.2) is 18.2 Å². The summed E-state index contributed by atoms with van der Waals surface area (Å²) >= 11 is 0. The summed E-state index contributed by atoms with van der Waals surface area (Å²) in [4.78, 5) is 0. The van der Waals surface area contributed by atoms with Gasteiger partial charge in [0.1, 0.15) is 17.6 Å². The van der Waals surface area contributed by atoms with Gasteiger partial charge in [-0.15, -0.1) is 0 Å². The first kappa shape index (κ1) is 9.97. The van der Waals surface area contributed by atoms with Crippen LogP contribution in [0, 0.1) is 5.92 Å². The highest BCUT2D eigenvalue weighted by Crippen LogP contribution is 2.44. The fourth-order valence-corrected chi connectivity index (χ4v) is 2.40. The second-order valence-corrected chi connectivity index (χ2v) is 4.74. The Morgan fingerprint density at radius 2 is 2.19 bits per heavy atom. The van der Waals surface area contributed by atoms with E-state index >= 15 is 0 Å². The molecule has 1 aliphatic carbocycles. The van der Waals surface area contributed by atoms with Gasteiger partial charge in [0.15, 0.2) is 0 Å². The summed E-state index contributed by atoms with van der Waals surface area (Å²) in [5.41, 5.74) is 7.28. The molecule has 1 fully saturated rings. The maximum absolute atomic E-state index is 6.17. The molecule has 16 heavy (non-hydrogen) atoms. The van der Waals surface area contributed by atoms with Crippen molar-refractivity contribution >= 4 is 0 Å². The molecule has 3 rings (SSSR count). The van der Waals surface area contributed by atoms with Crippen LogP contribution < -0.4 is 15.2 Å². The molecular formula is C13H17NO2. The van der Waals surface area contributed by atoms with Crippen molar-refractivity contribution in [3.05, 3.63) is 23.8 Å². The van der Waals surface area contributed by atoms with Crippen LogP contribution in [0.2, 0.25) is 0 Å². The largest absolute Gasteiger partial charge is 0.497 e. The van der Waals surface area contributed by atoms with E-state index in [-0.39, 0.29) is 6.04 Å². The highest BCUT2D eigenvalue weighted by atomic mass is 16.5. The number of methoxy groups -OCH3 is 1. The van der Waals surface area contributed by atoms with E-state index in [1.165, 1.54) is 12.8 Å². The van der Waals surface area contributed by atoms with Gasteiger partial charge in [0.05, 0.1) is 7.11 Å². The summed E-state index contributed by atoms with van der Waals surface area (Å²) in [5.74, 6) is 2.47. The Morgan fingerprint density at radius 3 is 2.88 bits per heavy atom. The third kappa shape index (κ3) is 1.65. The summed E-state index contributed by atoms with van der Waals surface area (Å²) in [5, 5.41) is 0. The van der Waals surface area contributed by atoms with E-state index in [9.17, 15) is 0 Å². The van der Waals surface area contributed by atoms with E-state index in [2.05, 4.69) is 0 Å². The minimum atomic E-state index is 0.111. The standard InChI is InChI=1S/C13H17NO2/c1-15-9-4-5-10-11(14)7-12(8-2-3-8)16-13(10)6-9/h4-6,8,11-12H,2-3,7,14H2,1H3/t11-,12-/m1/s1. The summed E-state index contributed by atoms with van der Waals surface area (Å²) in [7, 11) is 1.67. The molecule has 1 aromatic carbocycles. The lowest BCUT2D eigenvalue weighted by Gasteiger charge is -2.30. The van der Waals surface area contributed by atoms with Crippen LogP contribution in [0.1, 0.15) is 30.9 Å². The van der Waals surface area contributed by atoms with Gasteiger partial charge in [-0.1, -0.05) is 6.07 Å². The maximum Gasteiger partial charge on any atom is 0.128 e. The topological polar surface area (TPSA) is 44.5 Å². The molecule has 0 aromatic heterocycles. The number of hydrogen-bond donors (Lipinski definition) is 1. The predicted octanol–water partition coefficient (Wildman–Crippen LogP) is 2.26. The zero-order valence-corrected chi connectivity index (χ0v) is 9.48. The number of benzene rings is 1. The minimum absolute atomic E-state index is 0.111. The van der Waals surface area contributed by atoms with Crippen molar-refractivity contribution in [3.63, 3.8) is 0 Å². The first-order valence-electron chi connectivity index (χ1n) is 5.88. The molecule has 0 saturated heterocycles. The first-order valence-corrected chi connectivity index (χ1v) is 5.88. The van der Waals surface area contributed by atoms with Gasteiger partial charge >= 0.3 is 0 Å². The van der Waals surface area contributed by atoms with Gasteiger partial charge in [-0.2, -0.15) is 0 Å². The van der Waals surface area contributed by atoms with Gasteiger partial charge < -0.3 is 15.2 Å². The van der Waals surface area contributed by atoms with E-state index in [0.29, 0.717) is 6.10 Å². The zero-order valence-electron chi connectivity index (χ0n) is 9.48. The van der Waals surface area contributed by atoms with E-state index in [1.54, 1.807) is 7.11 Å². The van der Waals surface area contributed by atoms with E-state index in [1.807, 2.05) is 18.2 Å². The first-order chi connectivity index (χ1) is 7.78. The van der Waals surface area contributed by atoms with Crippen molar-refractivity contribution in [3.8, 4) is 11.5 Å². The molecule has 1 aromatic rings. The number of fused-ring (bicyclic) bond motifs is 1. The van der Waals surface area contributed by atoms with Crippen LogP contribution in [0.5, 0.6) is 11.5 Å². The molecule has 1 heterocycles. The van der Waals surface area contributed by atoms with Gasteiger partial charge in [0, 0.05) is 24.1 Å². The van der Waals surface area contributed by atoms with Crippen molar-refractivity contribution in [1.29, 1.82) is 0 Å². The molecule has 3 nitrogen and oxygen atoms in total. The fraction of sp³-hybridized carbons (Fsp3) is 0.538. The van der Waals surface area contributed by atoms with E-state index < -0.39 is 0 Å². The van der Waals surface area contributed by atoms with Gasteiger partial charge in [0.2, 0.25) is 0 Å². The van der Waals surface area contributed by atoms with Crippen molar-refractivity contribution in [2.75, 3.05) is 7.11 Å². The number of nitrogens with two attached hydrogens (primary N) is 1. The Labute approximate surface area is 95.5 Å². The smallest absolute Gasteiger partial charge is 0.128 e. The zero-order chi connectivity index (χ0) is 11.1. The van der Waals surface area contributed by atoms with Crippen LogP contribution in [-0.4, -0.2) is 13.2 Å². The summed E-state index contributed by atoms with van der Waals surface area (Å²) in [6, 6.07) is 6.02. The third-order valence-electron chi connectivity index (χ3n) is 3.53. The molecule has 1 saturated carbocycles. The quantitative estimate of drug-likeness (QED) is 0.829. The van der Waals surface area contributed by atoms with Crippen molar-refractivity contribution in [2.24, 2.45) is 11.7 Å². The summed E-state index contributed by atoms with van der Waals surface area (Å²) in [6.45, 7) is 0. The lowest BCUT2D eigenvalue weighted by molar-refractivity contribution is 0.137. The summed E-state index contributed by atoms with van der Waals surface area (Å²) in [6.07, 6.45) is 3.84. The Hall–Kier alpha value is -1.22. The van der Waals surface area contributed by atoms with Gasteiger partial charge in [-0.3, -0.25) is 0 Å². The Morgan fingerprint density at radius 1 is 1.38 bits per heavy atom. The van der Waals surface area contributed by atoms with Gasteiger partial charge in [-0.25, -0.2) is 0 Å².